The number of ether oxygens (including phenoxy) is 1. The predicted molar refractivity (Wildman–Crippen MR) is 56.4 cm³/mol. The van der Waals surface area contributed by atoms with Crippen LogP contribution in [0.15, 0.2) is 17.2 Å². The van der Waals surface area contributed by atoms with Crippen molar-refractivity contribution in [2.75, 3.05) is 20.3 Å². The van der Waals surface area contributed by atoms with E-state index in [4.69, 9.17) is 9.26 Å². The van der Waals surface area contributed by atoms with Crippen molar-refractivity contribution >= 4 is 0 Å². The minimum atomic E-state index is 0.587. The Morgan fingerprint density at radius 2 is 2.47 bits per heavy atom. The van der Waals surface area contributed by atoms with Gasteiger partial charge in [0.2, 0.25) is 5.89 Å². The predicted octanol–water partition coefficient (Wildman–Crippen LogP) is 0.924. The monoisotopic (exact) mass is 211 g/mol. The summed E-state index contributed by atoms with van der Waals surface area (Å²) in [6, 6.07) is 0. The summed E-state index contributed by atoms with van der Waals surface area (Å²) in [5, 5.41) is 6.95. The molecular formula is C10H17N3O2. The first-order chi connectivity index (χ1) is 7.36. The highest BCUT2D eigenvalue weighted by atomic mass is 16.5. The molecule has 1 aromatic heterocycles. The van der Waals surface area contributed by atoms with Gasteiger partial charge in [0.15, 0.2) is 5.82 Å². The molecule has 0 atom stereocenters. The van der Waals surface area contributed by atoms with Crippen molar-refractivity contribution in [1.82, 2.24) is 15.5 Å². The molecule has 5 heteroatoms. The van der Waals surface area contributed by atoms with E-state index >= 15 is 0 Å². The molecule has 0 saturated carbocycles. The summed E-state index contributed by atoms with van der Waals surface area (Å²) in [6.07, 6.45) is 3.49. The standard InChI is InChI=1S/C10H17N3O2/c1-3-6-11-8-10-12-9(13-15-10)5-4-7-14-2/h3,11H,1,4-8H2,2H3. The van der Waals surface area contributed by atoms with Crippen LogP contribution in [0.5, 0.6) is 0 Å². The van der Waals surface area contributed by atoms with Gasteiger partial charge in [-0.1, -0.05) is 11.2 Å². The molecule has 0 amide bonds. The van der Waals surface area contributed by atoms with Crippen LogP contribution in [-0.2, 0) is 17.7 Å². The summed E-state index contributed by atoms with van der Waals surface area (Å²) in [7, 11) is 1.68. The summed E-state index contributed by atoms with van der Waals surface area (Å²) in [5.74, 6) is 1.35. The Morgan fingerprint density at radius 1 is 1.60 bits per heavy atom. The van der Waals surface area contributed by atoms with Crippen LogP contribution in [-0.4, -0.2) is 30.4 Å². The molecule has 0 aliphatic carbocycles. The number of nitrogens with zero attached hydrogens (tertiary/aromatic N) is 2. The fourth-order valence-corrected chi connectivity index (χ4v) is 1.12. The van der Waals surface area contributed by atoms with Crippen molar-refractivity contribution in [1.29, 1.82) is 0 Å². The van der Waals surface area contributed by atoms with Gasteiger partial charge in [0.25, 0.3) is 0 Å². The van der Waals surface area contributed by atoms with E-state index in [1.54, 1.807) is 13.2 Å². The van der Waals surface area contributed by atoms with Gasteiger partial charge >= 0.3 is 0 Å². The van der Waals surface area contributed by atoms with Crippen molar-refractivity contribution in [3.05, 3.63) is 24.4 Å². The molecule has 0 saturated heterocycles. The van der Waals surface area contributed by atoms with E-state index in [0.717, 1.165) is 31.8 Å². The highest BCUT2D eigenvalue weighted by Crippen LogP contribution is 2.00. The Labute approximate surface area is 89.5 Å². The molecule has 0 fully saturated rings. The molecule has 0 unspecified atom stereocenters. The third kappa shape index (κ3) is 4.71. The summed E-state index contributed by atoms with van der Waals surface area (Å²) < 4.78 is 9.98. The smallest absolute Gasteiger partial charge is 0.240 e. The number of methoxy groups -OCH3 is 1. The lowest BCUT2D eigenvalue weighted by molar-refractivity contribution is 0.194. The minimum absolute atomic E-state index is 0.587. The molecule has 0 radical (unpaired) electrons. The van der Waals surface area contributed by atoms with Crippen LogP contribution < -0.4 is 5.32 Å². The molecule has 1 N–H and O–H groups in total. The molecule has 0 aromatic carbocycles. The minimum Gasteiger partial charge on any atom is -0.385 e. The third-order valence-electron chi connectivity index (χ3n) is 1.82. The highest BCUT2D eigenvalue weighted by molar-refractivity contribution is 4.86. The number of aromatic nitrogens is 2. The molecule has 1 rings (SSSR count). The number of aryl methyl sites for hydroxylation is 1. The zero-order valence-electron chi connectivity index (χ0n) is 9.03. The zero-order valence-corrected chi connectivity index (χ0v) is 9.03. The van der Waals surface area contributed by atoms with Gasteiger partial charge in [-0.2, -0.15) is 4.98 Å². The largest absolute Gasteiger partial charge is 0.385 e. The normalized spacial score (nSPS) is 10.5. The van der Waals surface area contributed by atoms with Gasteiger partial charge in [-0.15, -0.1) is 6.58 Å². The molecule has 15 heavy (non-hydrogen) atoms. The second kappa shape index (κ2) is 7.14. The van der Waals surface area contributed by atoms with Gasteiger partial charge < -0.3 is 14.6 Å². The molecular weight excluding hydrogens is 194 g/mol. The van der Waals surface area contributed by atoms with Crippen molar-refractivity contribution < 1.29 is 9.26 Å². The van der Waals surface area contributed by atoms with E-state index in [1.807, 2.05) is 0 Å². The molecule has 5 nitrogen and oxygen atoms in total. The molecule has 84 valence electrons. The van der Waals surface area contributed by atoms with E-state index in [2.05, 4.69) is 22.0 Å². The molecule has 0 aliphatic rings. The number of nitrogens with one attached hydrogen (secondary N) is 1. The molecule has 0 spiro atoms. The van der Waals surface area contributed by atoms with Crippen LogP contribution >= 0.6 is 0 Å². The number of hydrogen-bond acceptors (Lipinski definition) is 5. The van der Waals surface area contributed by atoms with Crippen molar-refractivity contribution in [2.45, 2.75) is 19.4 Å². The van der Waals surface area contributed by atoms with E-state index < -0.39 is 0 Å². The molecule has 0 aliphatic heterocycles. The van der Waals surface area contributed by atoms with Crippen molar-refractivity contribution in [3.8, 4) is 0 Å². The Morgan fingerprint density at radius 3 is 3.20 bits per heavy atom. The van der Waals surface area contributed by atoms with E-state index in [0.29, 0.717) is 12.4 Å². The molecule has 1 aromatic rings. The van der Waals surface area contributed by atoms with Crippen molar-refractivity contribution in [2.24, 2.45) is 0 Å². The van der Waals surface area contributed by atoms with Crippen LogP contribution in [0.2, 0.25) is 0 Å². The topological polar surface area (TPSA) is 60.2 Å². The first kappa shape index (κ1) is 11.9. The number of rotatable bonds is 8. The van der Waals surface area contributed by atoms with E-state index in [9.17, 15) is 0 Å². The average Bonchev–Trinajstić information content (AvgIpc) is 2.67. The van der Waals surface area contributed by atoms with Gasteiger partial charge in [0, 0.05) is 26.7 Å². The Hall–Kier alpha value is -1.20. The third-order valence-corrected chi connectivity index (χ3v) is 1.82. The van der Waals surface area contributed by atoms with Crippen LogP contribution in [0, 0.1) is 0 Å². The fourth-order valence-electron chi connectivity index (χ4n) is 1.12. The maximum absolute atomic E-state index is 5.04. The average molecular weight is 211 g/mol. The maximum Gasteiger partial charge on any atom is 0.240 e. The summed E-state index contributed by atoms with van der Waals surface area (Å²) >= 11 is 0. The Kier molecular flexibility index (Phi) is 5.65. The van der Waals surface area contributed by atoms with E-state index in [1.165, 1.54) is 0 Å². The second-order valence-corrected chi connectivity index (χ2v) is 3.12. The highest BCUT2D eigenvalue weighted by Gasteiger charge is 2.04. The van der Waals surface area contributed by atoms with Gasteiger partial charge in [-0.3, -0.25) is 0 Å². The lowest BCUT2D eigenvalue weighted by Crippen LogP contribution is -2.12. The van der Waals surface area contributed by atoms with Gasteiger partial charge in [-0.25, -0.2) is 0 Å². The quantitative estimate of drug-likeness (QED) is 0.512. The van der Waals surface area contributed by atoms with E-state index in [-0.39, 0.29) is 0 Å². The maximum atomic E-state index is 5.04. The van der Waals surface area contributed by atoms with Crippen molar-refractivity contribution in [3.63, 3.8) is 0 Å². The number of hydrogen-bond donors (Lipinski definition) is 1. The van der Waals surface area contributed by atoms with Crippen LogP contribution in [0.4, 0.5) is 0 Å². The Bertz CT molecular complexity index is 286. The second-order valence-electron chi connectivity index (χ2n) is 3.12. The summed E-state index contributed by atoms with van der Waals surface area (Å²) in [4.78, 5) is 4.22. The SMILES string of the molecule is C=CCNCc1nc(CCCOC)no1. The van der Waals surface area contributed by atoms with Gasteiger partial charge in [0.05, 0.1) is 6.54 Å². The first-order valence-electron chi connectivity index (χ1n) is 4.99. The van der Waals surface area contributed by atoms with Crippen LogP contribution in [0.1, 0.15) is 18.1 Å². The zero-order chi connectivity index (χ0) is 10.9. The first-order valence-corrected chi connectivity index (χ1v) is 4.99. The van der Waals surface area contributed by atoms with Gasteiger partial charge in [0.1, 0.15) is 0 Å². The van der Waals surface area contributed by atoms with Crippen LogP contribution in [0.25, 0.3) is 0 Å². The van der Waals surface area contributed by atoms with Crippen LogP contribution in [0.3, 0.4) is 0 Å². The molecule has 1 heterocycles. The summed E-state index contributed by atoms with van der Waals surface area (Å²) in [5.41, 5.74) is 0. The lowest BCUT2D eigenvalue weighted by Gasteiger charge is -1.94. The molecule has 0 bridgehead atoms. The van der Waals surface area contributed by atoms with Gasteiger partial charge in [-0.05, 0) is 6.42 Å². The fraction of sp³-hybridized carbons (Fsp3) is 0.600. The Balaban J connectivity index is 2.25. The lowest BCUT2D eigenvalue weighted by atomic mass is 10.3. The summed E-state index contributed by atoms with van der Waals surface area (Å²) in [6.45, 7) is 5.65.